The molecular formula is C39H45N5O9S. The first-order chi connectivity index (χ1) is 25.7. The molecule has 3 aromatic carbocycles. The van der Waals surface area contributed by atoms with Crippen LogP contribution in [0.2, 0.25) is 0 Å². The summed E-state index contributed by atoms with van der Waals surface area (Å²) in [6, 6.07) is 13.7. The topological polar surface area (TPSA) is 182 Å². The molecule has 0 aromatic heterocycles. The van der Waals surface area contributed by atoms with Crippen LogP contribution in [0.15, 0.2) is 70.7 Å². The number of Topliss-reactive ketones (excluding diaryl/α,β-unsaturated/α-hetero) is 1. The predicted octanol–water partition coefficient (Wildman–Crippen LogP) is 3.56. The van der Waals surface area contributed by atoms with Crippen LogP contribution in [-0.4, -0.2) is 85.6 Å². The summed E-state index contributed by atoms with van der Waals surface area (Å²) in [5, 5.41) is 11.1. The quantitative estimate of drug-likeness (QED) is 0.233. The van der Waals surface area contributed by atoms with Crippen LogP contribution in [0.5, 0.6) is 11.5 Å². The monoisotopic (exact) mass is 759 g/mol. The van der Waals surface area contributed by atoms with Crippen molar-refractivity contribution >= 4 is 50.0 Å². The third-order valence-electron chi connectivity index (χ3n) is 10.3. The van der Waals surface area contributed by atoms with E-state index in [1.807, 2.05) is 19.1 Å². The molecule has 3 N–H and O–H groups in total. The fourth-order valence-electron chi connectivity index (χ4n) is 7.24. The third kappa shape index (κ3) is 7.51. The molecule has 2 fully saturated rings. The minimum Gasteiger partial charge on any atom is -0.454 e. The molecular weight excluding hydrogens is 715 g/mol. The number of nitrogens with zero attached hydrogens (tertiary/aromatic N) is 2. The Morgan fingerprint density at radius 3 is 2.48 bits per heavy atom. The lowest BCUT2D eigenvalue weighted by molar-refractivity contribution is -0.144. The summed E-state index contributed by atoms with van der Waals surface area (Å²) >= 11 is 0. The summed E-state index contributed by atoms with van der Waals surface area (Å²) in [7, 11) is -4.27. The van der Waals surface area contributed by atoms with E-state index < -0.39 is 62.7 Å². The highest BCUT2D eigenvalue weighted by molar-refractivity contribution is 7.89. The highest BCUT2D eigenvalue weighted by atomic mass is 32.2. The highest BCUT2D eigenvalue weighted by Gasteiger charge is 2.56. The van der Waals surface area contributed by atoms with E-state index in [0.29, 0.717) is 34.6 Å². The second-order valence-electron chi connectivity index (χ2n) is 15.6. The van der Waals surface area contributed by atoms with Crippen molar-refractivity contribution in [1.82, 2.24) is 20.3 Å². The molecule has 1 aliphatic carbocycles. The van der Waals surface area contributed by atoms with Crippen molar-refractivity contribution in [1.29, 1.82) is 0 Å². The van der Waals surface area contributed by atoms with Gasteiger partial charge < -0.3 is 29.8 Å². The standard InChI is InChI=1S/C39H45N5O9S/c1-5-9-27(33(45)36(47)40-25-15-16-25)41-35(46)29-20-39(19-28(42-53-39)24-14-17-30-31(18-24)52-22-51-30)21-44(29)37(48)34(38(2,3)4)43-54(49,50)32-13-8-11-23-10-6-7-12-26(23)32/h6-8,10-14,17-18,25,27,29,34,43H,5,9,15-16,19-22H2,1-4H3,(H,40,47)(H,41,46)/t27-,29-,34+,39+/m0/s1. The lowest BCUT2D eigenvalue weighted by Gasteiger charge is -2.35. The van der Waals surface area contributed by atoms with Crippen LogP contribution in [0.1, 0.15) is 71.8 Å². The van der Waals surface area contributed by atoms with Crippen LogP contribution in [0.25, 0.3) is 10.8 Å². The zero-order valence-corrected chi connectivity index (χ0v) is 31.5. The molecule has 54 heavy (non-hydrogen) atoms. The Hall–Kier alpha value is -5.02. The molecule has 0 bridgehead atoms. The fourth-order valence-corrected chi connectivity index (χ4v) is 8.86. The smallest absolute Gasteiger partial charge is 0.289 e. The van der Waals surface area contributed by atoms with Crippen LogP contribution in [0.3, 0.4) is 0 Å². The number of ketones is 1. The number of oxime groups is 1. The van der Waals surface area contributed by atoms with Crippen molar-refractivity contribution in [2.75, 3.05) is 13.3 Å². The number of carbonyl (C=O) groups excluding carboxylic acids is 4. The van der Waals surface area contributed by atoms with E-state index in [-0.39, 0.29) is 43.5 Å². The normalized spacial score (nSPS) is 21.7. The van der Waals surface area contributed by atoms with Crippen molar-refractivity contribution in [3.63, 3.8) is 0 Å². The number of benzene rings is 3. The molecule has 286 valence electrons. The SMILES string of the molecule is CCC[C@H](NC(=O)[C@@H]1C[C@]2(CC(c3ccc4c(c3)OCO4)=NO2)CN1C(=O)[C@@H](NS(=O)(=O)c1cccc2ccccc12)C(C)(C)C)C(=O)C(=O)NC1CC1. The number of hydrogen-bond acceptors (Lipinski definition) is 10. The molecule has 4 aliphatic rings. The molecule has 3 aromatic rings. The summed E-state index contributed by atoms with van der Waals surface area (Å²) in [6.07, 6.45) is 2.51. The number of ether oxygens (including phenoxy) is 2. The van der Waals surface area contributed by atoms with E-state index in [2.05, 4.69) is 20.5 Å². The van der Waals surface area contributed by atoms with Crippen molar-refractivity contribution < 1.29 is 41.9 Å². The summed E-state index contributed by atoms with van der Waals surface area (Å²) < 4.78 is 41.9. The van der Waals surface area contributed by atoms with Gasteiger partial charge in [0, 0.05) is 29.8 Å². The zero-order valence-electron chi connectivity index (χ0n) is 30.7. The van der Waals surface area contributed by atoms with E-state index in [0.717, 1.165) is 18.2 Å². The van der Waals surface area contributed by atoms with Gasteiger partial charge in [-0.05, 0) is 54.3 Å². The second kappa shape index (κ2) is 14.3. The molecule has 0 radical (unpaired) electrons. The average Bonchev–Trinajstić information content (AvgIpc) is 3.50. The van der Waals surface area contributed by atoms with Gasteiger partial charge in [0.2, 0.25) is 34.4 Å². The van der Waals surface area contributed by atoms with Crippen molar-refractivity contribution in [2.24, 2.45) is 10.6 Å². The van der Waals surface area contributed by atoms with Gasteiger partial charge in [0.05, 0.1) is 23.2 Å². The Morgan fingerprint density at radius 1 is 1.00 bits per heavy atom. The number of rotatable bonds is 12. The maximum Gasteiger partial charge on any atom is 0.289 e. The van der Waals surface area contributed by atoms with Crippen molar-refractivity contribution in [3.05, 3.63) is 66.2 Å². The summed E-state index contributed by atoms with van der Waals surface area (Å²) in [4.78, 5) is 62.6. The molecule has 1 saturated carbocycles. The van der Waals surface area contributed by atoms with Crippen LogP contribution < -0.4 is 24.8 Å². The van der Waals surface area contributed by atoms with E-state index in [1.165, 1.54) is 11.0 Å². The molecule has 1 spiro atoms. The molecule has 3 heterocycles. The second-order valence-corrected chi connectivity index (χ2v) is 17.3. The Kier molecular flexibility index (Phi) is 9.90. The number of hydrogen-bond donors (Lipinski definition) is 3. The maximum atomic E-state index is 14.8. The average molecular weight is 760 g/mol. The van der Waals surface area contributed by atoms with Gasteiger partial charge >= 0.3 is 0 Å². The summed E-state index contributed by atoms with van der Waals surface area (Å²) in [6.45, 7) is 7.06. The first kappa shape index (κ1) is 37.3. The van der Waals surface area contributed by atoms with Gasteiger partial charge in [0.1, 0.15) is 12.1 Å². The summed E-state index contributed by atoms with van der Waals surface area (Å²) in [5.41, 5.74) is -0.819. The van der Waals surface area contributed by atoms with Gasteiger partial charge in [-0.15, -0.1) is 0 Å². The number of fused-ring (bicyclic) bond motifs is 2. The molecule has 4 atom stereocenters. The minimum absolute atomic E-state index is 0.00360. The first-order valence-electron chi connectivity index (χ1n) is 18.3. The Bertz CT molecular complexity index is 2140. The number of amides is 3. The third-order valence-corrected chi connectivity index (χ3v) is 11.8. The summed E-state index contributed by atoms with van der Waals surface area (Å²) in [5.74, 6) is -1.67. The largest absolute Gasteiger partial charge is 0.454 e. The first-order valence-corrected chi connectivity index (χ1v) is 19.8. The number of nitrogens with one attached hydrogen (secondary N) is 3. The Morgan fingerprint density at radius 2 is 1.74 bits per heavy atom. The lowest BCUT2D eigenvalue weighted by atomic mass is 9.86. The van der Waals surface area contributed by atoms with Crippen LogP contribution in [0, 0.1) is 5.41 Å². The highest BCUT2D eigenvalue weighted by Crippen LogP contribution is 2.42. The van der Waals surface area contributed by atoms with E-state index >= 15 is 0 Å². The molecule has 14 nitrogen and oxygen atoms in total. The lowest BCUT2D eigenvalue weighted by Crippen LogP contribution is -2.59. The maximum absolute atomic E-state index is 14.8. The molecule has 3 aliphatic heterocycles. The fraction of sp³-hybridized carbons (Fsp3) is 0.462. The Labute approximate surface area is 314 Å². The van der Waals surface area contributed by atoms with Crippen molar-refractivity contribution in [3.8, 4) is 11.5 Å². The Balaban J connectivity index is 1.19. The van der Waals surface area contributed by atoms with Gasteiger partial charge in [-0.1, -0.05) is 75.7 Å². The van der Waals surface area contributed by atoms with Crippen LogP contribution >= 0.6 is 0 Å². The number of carbonyl (C=O) groups is 4. The van der Waals surface area contributed by atoms with Gasteiger partial charge in [0.25, 0.3) is 5.91 Å². The molecule has 0 unspecified atom stereocenters. The minimum atomic E-state index is -4.27. The van der Waals surface area contributed by atoms with E-state index in [1.54, 1.807) is 63.2 Å². The van der Waals surface area contributed by atoms with Crippen LogP contribution in [-0.2, 0) is 34.0 Å². The van der Waals surface area contributed by atoms with Gasteiger partial charge in [-0.3, -0.25) is 19.2 Å². The van der Waals surface area contributed by atoms with Gasteiger partial charge in [-0.2, -0.15) is 4.72 Å². The van der Waals surface area contributed by atoms with Gasteiger partial charge in [-0.25, -0.2) is 8.42 Å². The molecule has 1 saturated heterocycles. The number of sulfonamides is 1. The molecule has 3 amide bonds. The molecule has 7 rings (SSSR count). The van der Waals surface area contributed by atoms with Gasteiger partial charge in [0.15, 0.2) is 17.1 Å². The molecule has 15 heteroatoms. The van der Waals surface area contributed by atoms with Crippen LogP contribution in [0.4, 0.5) is 0 Å². The van der Waals surface area contributed by atoms with Crippen molar-refractivity contribution in [2.45, 2.75) is 101 Å². The zero-order chi connectivity index (χ0) is 38.4. The van der Waals surface area contributed by atoms with E-state index in [9.17, 15) is 27.6 Å². The van der Waals surface area contributed by atoms with E-state index in [4.69, 9.17) is 14.3 Å². The predicted molar refractivity (Wildman–Crippen MR) is 198 cm³/mol. The number of likely N-dealkylation sites (tertiary alicyclic amines) is 1.